The number of carbonyl (C=O) groups excluding carboxylic acids is 2. The van der Waals surface area contributed by atoms with Crippen molar-refractivity contribution in [3.63, 3.8) is 0 Å². The maximum atomic E-state index is 12.9. The third-order valence-electron chi connectivity index (χ3n) is 5.36. The molecule has 1 aromatic heterocycles. The minimum atomic E-state index is -0.470. The van der Waals surface area contributed by atoms with Gasteiger partial charge in [0, 0.05) is 31.9 Å². The molecule has 3 aromatic rings. The summed E-state index contributed by atoms with van der Waals surface area (Å²) in [5.74, 6) is -0.229. The summed E-state index contributed by atoms with van der Waals surface area (Å²) in [5, 5.41) is 12.4. The molecular formula is C23H25N5O2S. The summed E-state index contributed by atoms with van der Waals surface area (Å²) in [5.41, 5.74) is 3.00. The molecule has 2 heterocycles. The van der Waals surface area contributed by atoms with E-state index < -0.39 is 6.04 Å². The van der Waals surface area contributed by atoms with Crippen molar-refractivity contribution in [3.8, 4) is 10.6 Å². The molecule has 2 amide bonds. The lowest BCUT2D eigenvalue weighted by molar-refractivity contribution is -0.136. The van der Waals surface area contributed by atoms with Gasteiger partial charge in [-0.15, -0.1) is 10.2 Å². The number of nitrogens with one attached hydrogen (secondary N) is 1. The number of rotatable bonds is 6. The molecule has 4 rings (SSSR count). The van der Waals surface area contributed by atoms with Crippen molar-refractivity contribution in [2.45, 2.75) is 25.3 Å². The van der Waals surface area contributed by atoms with Crippen molar-refractivity contribution in [3.05, 3.63) is 60.2 Å². The zero-order valence-corrected chi connectivity index (χ0v) is 18.4. The van der Waals surface area contributed by atoms with Crippen LogP contribution in [0.15, 0.2) is 54.6 Å². The minimum absolute atomic E-state index is 0.0252. The second-order valence-electron chi connectivity index (χ2n) is 7.75. The van der Waals surface area contributed by atoms with Crippen LogP contribution in [0.4, 0.5) is 10.8 Å². The van der Waals surface area contributed by atoms with Gasteiger partial charge in [0.1, 0.15) is 11.0 Å². The van der Waals surface area contributed by atoms with Crippen LogP contribution in [0.25, 0.3) is 10.6 Å². The van der Waals surface area contributed by atoms with Crippen molar-refractivity contribution in [2.24, 2.45) is 0 Å². The Morgan fingerprint density at radius 1 is 1.10 bits per heavy atom. The quantitative estimate of drug-likeness (QED) is 0.642. The molecule has 0 aliphatic carbocycles. The van der Waals surface area contributed by atoms with E-state index in [2.05, 4.69) is 15.5 Å². The van der Waals surface area contributed by atoms with Crippen LogP contribution in [0.2, 0.25) is 0 Å². The van der Waals surface area contributed by atoms with Gasteiger partial charge < -0.3 is 9.80 Å². The lowest BCUT2D eigenvalue weighted by Gasteiger charge is -2.23. The van der Waals surface area contributed by atoms with Crippen LogP contribution in [0.5, 0.6) is 0 Å². The average molecular weight is 436 g/mol. The number of hydrogen-bond acceptors (Lipinski definition) is 6. The topological polar surface area (TPSA) is 78.4 Å². The molecule has 0 bridgehead atoms. The van der Waals surface area contributed by atoms with E-state index in [9.17, 15) is 9.59 Å². The molecule has 2 aromatic carbocycles. The van der Waals surface area contributed by atoms with Crippen molar-refractivity contribution < 1.29 is 9.59 Å². The second kappa shape index (κ2) is 9.26. The van der Waals surface area contributed by atoms with Gasteiger partial charge in [0.25, 0.3) is 0 Å². The van der Waals surface area contributed by atoms with E-state index in [1.54, 1.807) is 4.90 Å². The number of amides is 2. The third-order valence-corrected chi connectivity index (χ3v) is 6.25. The number of aromatic nitrogens is 2. The molecule has 1 unspecified atom stereocenters. The fourth-order valence-electron chi connectivity index (χ4n) is 3.69. The molecule has 1 saturated heterocycles. The summed E-state index contributed by atoms with van der Waals surface area (Å²) >= 11 is 1.33. The van der Waals surface area contributed by atoms with Gasteiger partial charge in [0.05, 0.1) is 6.42 Å². The van der Waals surface area contributed by atoms with Gasteiger partial charge in [-0.25, -0.2) is 0 Å². The molecule has 1 atom stereocenters. The van der Waals surface area contributed by atoms with Gasteiger partial charge in [0.15, 0.2) is 0 Å². The molecule has 1 fully saturated rings. The molecule has 7 nitrogen and oxygen atoms in total. The first-order valence-corrected chi connectivity index (χ1v) is 11.1. The number of nitrogens with zero attached hydrogens (tertiary/aromatic N) is 4. The number of likely N-dealkylation sites (tertiary alicyclic amines) is 1. The van der Waals surface area contributed by atoms with Gasteiger partial charge >= 0.3 is 0 Å². The molecule has 1 aliphatic heterocycles. The molecule has 0 spiro atoms. The number of benzene rings is 2. The average Bonchev–Trinajstić information content (AvgIpc) is 3.44. The van der Waals surface area contributed by atoms with Gasteiger partial charge in [-0.1, -0.05) is 41.7 Å². The highest BCUT2D eigenvalue weighted by Gasteiger charge is 2.34. The molecule has 160 valence electrons. The summed E-state index contributed by atoms with van der Waals surface area (Å²) in [6.07, 6.45) is 1.78. The first-order chi connectivity index (χ1) is 15.0. The van der Waals surface area contributed by atoms with Crippen LogP contribution in [-0.2, 0) is 16.0 Å². The van der Waals surface area contributed by atoms with E-state index in [4.69, 9.17) is 0 Å². The summed E-state index contributed by atoms with van der Waals surface area (Å²) in [4.78, 5) is 29.4. The SMILES string of the molecule is CN(C)c1ccc(-c2nnc(NC(=O)C3CCCN3C(=O)Cc3ccccc3)s2)cc1. The lowest BCUT2D eigenvalue weighted by Crippen LogP contribution is -2.43. The van der Waals surface area contributed by atoms with E-state index in [-0.39, 0.29) is 11.8 Å². The molecule has 0 saturated carbocycles. The Balaban J connectivity index is 1.40. The molecule has 31 heavy (non-hydrogen) atoms. The van der Waals surface area contributed by atoms with E-state index in [1.807, 2.05) is 73.6 Å². The number of hydrogen-bond donors (Lipinski definition) is 1. The van der Waals surface area contributed by atoms with E-state index in [1.165, 1.54) is 11.3 Å². The maximum absolute atomic E-state index is 12.9. The molecule has 0 radical (unpaired) electrons. The highest BCUT2D eigenvalue weighted by atomic mass is 32.1. The number of anilines is 2. The Morgan fingerprint density at radius 2 is 1.84 bits per heavy atom. The summed E-state index contributed by atoms with van der Waals surface area (Å²) < 4.78 is 0. The summed E-state index contributed by atoms with van der Waals surface area (Å²) in [6.45, 7) is 0.601. The van der Waals surface area contributed by atoms with E-state index >= 15 is 0 Å². The first kappa shape index (κ1) is 21.0. The lowest BCUT2D eigenvalue weighted by atomic mass is 10.1. The Bertz CT molecular complexity index is 1050. The highest BCUT2D eigenvalue weighted by Crippen LogP contribution is 2.28. The second-order valence-corrected chi connectivity index (χ2v) is 8.73. The van der Waals surface area contributed by atoms with Crippen LogP contribution in [0, 0.1) is 0 Å². The van der Waals surface area contributed by atoms with Crippen LogP contribution in [-0.4, -0.2) is 53.6 Å². The normalized spacial score (nSPS) is 15.7. The standard InChI is InChI=1S/C23H25N5O2S/c1-27(2)18-12-10-17(11-13-18)22-25-26-23(31-22)24-21(30)19-9-6-14-28(19)20(29)15-16-7-4-3-5-8-16/h3-5,7-8,10-13,19H,6,9,14-15H2,1-2H3,(H,24,26,30). The first-order valence-electron chi connectivity index (χ1n) is 10.3. The Morgan fingerprint density at radius 3 is 2.55 bits per heavy atom. The van der Waals surface area contributed by atoms with Crippen LogP contribution in [0.3, 0.4) is 0 Å². The predicted octanol–water partition coefficient (Wildman–Crippen LogP) is 3.44. The maximum Gasteiger partial charge on any atom is 0.249 e. The molecular weight excluding hydrogens is 410 g/mol. The van der Waals surface area contributed by atoms with Crippen LogP contribution < -0.4 is 10.2 Å². The fourth-order valence-corrected chi connectivity index (χ4v) is 4.44. The Kier molecular flexibility index (Phi) is 6.27. The molecule has 1 N–H and O–H groups in total. The molecule has 1 aliphatic rings. The monoisotopic (exact) mass is 435 g/mol. The van der Waals surface area contributed by atoms with Gasteiger partial charge in [-0.05, 0) is 42.7 Å². The highest BCUT2D eigenvalue weighted by molar-refractivity contribution is 7.18. The number of carbonyl (C=O) groups is 2. The van der Waals surface area contributed by atoms with Crippen LogP contribution in [0.1, 0.15) is 18.4 Å². The summed E-state index contributed by atoms with van der Waals surface area (Å²) in [6, 6.07) is 17.2. The van der Waals surface area contributed by atoms with Gasteiger partial charge in [-0.3, -0.25) is 14.9 Å². The zero-order valence-electron chi connectivity index (χ0n) is 17.6. The smallest absolute Gasteiger partial charge is 0.249 e. The molecule has 8 heteroatoms. The summed E-state index contributed by atoms with van der Waals surface area (Å²) in [7, 11) is 3.98. The van der Waals surface area contributed by atoms with E-state index in [0.717, 1.165) is 28.2 Å². The zero-order chi connectivity index (χ0) is 21.8. The van der Waals surface area contributed by atoms with Gasteiger partial charge in [0.2, 0.25) is 16.9 Å². The van der Waals surface area contributed by atoms with Crippen molar-refractivity contribution in [2.75, 3.05) is 30.9 Å². The third kappa shape index (κ3) is 4.91. The van der Waals surface area contributed by atoms with Crippen molar-refractivity contribution in [1.82, 2.24) is 15.1 Å². The van der Waals surface area contributed by atoms with Crippen molar-refractivity contribution >= 4 is 34.0 Å². The fraction of sp³-hybridized carbons (Fsp3) is 0.304. The Labute approximate surface area is 185 Å². The van der Waals surface area contributed by atoms with E-state index in [0.29, 0.717) is 24.5 Å². The van der Waals surface area contributed by atoms with Crippen molar-refractivity contribution in [1.29, 1.82) is 0 Å². The minimum Gasteiger partial charge on any atom is -0.378 e. The largest absolute Gasteiger partial charge is 0.378 e. The Hall–Kier alpha value is -3.26. The van der Waals surface area contributed by atoms with Crippen LogP contribution >= 0.6 is 11.3 Å². The predicted molar refractivity (Wildman–Crippen MR) is 123 cm³/mol. The van der Waals surface area contributed by atoms with Gasteiger partial charge in [-0.2, -0.15) is 0 Å².